The maximum atomic E-state index is 12.8. The highest BCUT2D eigenvalue weighted by Crippen LogP contribution is 2.31. The number of benzene rings is 1. The zero-order valence-electron chi connectivity index (χ0n) is 12.7. The molecule has 1 aliphatic heterocycles. The van der Waals surface area contributed by atoms with Gasteiger partial charge in [0.25, 0.3) is 5.91 Å². The Hall–Kier alpha value is -1.85. The fourth-order valence-corrected chi connectivity index (χ4v) is 3.80. The third kappa shape index (κ3) is 2.64. The lowest BCUT2D eigenvalue weighted by atomic mass is 10.1. The normalized spacial score (nSPS) is 23.8. The summed E-state index contributed by atoms with van der Waals surface area (Å²) in [6, 6.07) is 9.47. The first kappa shape index (κ1) is 14.7. The Morgan fingerprint density at radius 2 is 2.22 bits per heavy atom. The first-order chi connectivity index (χ1) is 11.2. The van der Waals surface area contributed by atoms with Crippen LogP contribution in [-0.2, 0) is 4.74 Å². The quantitative estimate of drug-likeness (QED) is 0.919. The molecule has 1 aromatic heterocycles. The Balaban J connectivity index is 1.59. The lowest BCUT2D eigenvalue weighted by molar-refractivity contribution is -0.0447. The second kappa shape index (κ2) is 5.98. The number of H-pyrrole nitrogens is 1. The molecule has 1 aromatic carbocycles. The molecule has 23 heavy (non-hydrogen) atoms. The van der Waals surface area contributed by atoms with Gasteiger partial charge in [0.2, 0.25) is 0 Å². The minimum Gasteiger partial charge on any atom is -0.374 e. The van der Waals surface area contributed by atoms with Crippen molar-refractivity contribution in [3.63, 3.8) is 0 Å². The Bertz CT molecular complexity index is 730. The van der Waals surface area contributed by atoms with Crippen LogP contribution < -0.4 is 0 Å². The Morgan fingerprint density at radius 3 is 3.09 bits per heavy atom. The number of hydrogen-bond acceptors (Lipinski definition) is 3. The fraction of sp³-hybridized carbons (Fsp3) is 0.412. The van der Waals surface area contributed by atoms with E-state index in [1.54, 1.807) is 6.07 Å². The molecule has 2 fully saturated rings. The number of carbonyl (C=O) groups is 1. The molecule has 0 spiro atoms. The fourth-order valence-electron chi connectivity index (χ4n) is 3.57. The van der Waals surface area contributed by atoms with Gasteiger partial charge in [-0.15, -0.1) is 0 Å². The minimum atomic E-state index is -0.00370. The van der Waals surface area contributed by atoms with Crippen LogP contribution in [0.4, 0.5) is 0 Å². The number of halogens is 1. The van der Waals surface area contributed by atoms with Crippen LogP contribution in [0.15, 0.2) is 30.3 Å². The van der Waals surface area contributed by atoms with Crippen LogP contribution in [0.1, 0.15) is 29.8 Å². The molecular formula is C17H18ClN3O2. The molecule has 0 radical (unpaired) electrons. The summed E-state index contributed by atoms with van der Waals surface area (Å²) in [6.45, 7) is 1.25. The number of aromatic nitrogens is 2. The third-order valence-electron chi connectivity index (χ3n) is 4.70. The topological polar surface area (TPSA) is 58.2 Å². The number of amides is 1. The number of fused-ring (bicyclic) bond motifs is 1. The van der Waals surface area contributed by atoms with E-state index >= 15 is 0 Å². The molecule has 2 heterocycles. The van der Waals surface area contributed by atoms with Gasteiger partial charge in [0.15, 0.2) is 0 Å². The predicted molar refractivity (Wildman–Crippen MR) is 87.4 cm³/mol. The number of aromatic amines is 1. The number of rotatable bonds is 2. The summed E-state index contributed by atoms with van der Waals surface area (Å²) in [5.74, 6) is -0.00370. The van der Waals surface area contributed by atoms with Crippen LogP contribution >= 0.6 is 11.6 Å². The molecule has 1 aliphatic carbocycles. The van der Waals surface area contributed by atoms with E-state index in [9.17, 15) is 4.79 Å². The molecule has 120 valence electrons. The maximum Gasteiger partial charge on any atom is 0.272 e. The Morgan fingerprint density at radius 1 is 1.35 bits per heavy atom. The van der Waals surface area contributed by atoms with E-state index in [0.29, 0.717) is 29.6 Å². The average molecular weight is 332 g/mol. The van der Waals surface area contributed by atoms with E-state index in [1.807, 2.05) is 29.2 Å². The molecule has 6 heteroatoms. The van der Waals surface area contributed by atoms with E-state index in [-0.39, 0.29) is 18.1 Å². The zero-order valence-corrected chi connectivity index (χ0v) is 13.4. The van der Waals surface area contributed by atoms with Crippen molar-refractivity contribution in [1.29, 1.82) is 0 Å². The van der Waals surface area contributed by atoms with Crippen LogP contribution in [0, 0.1) is 0 Å². The monoisotopic (exact) mass is 331 g/mol. The highest BCUT2D eigenvalue weighted by molar-refractivity contribution is 6.33. The van der Waals surface area contributed by atoms with Gasteiger partial charge >= 0.3 is 0 Å². The molecule has 0 bridgehead atoms. The first-order valence-electron chi connectivity index (χ1n) is 7.97. The summed E-state index contributed by atoms with van der Waals surface area (Å²) >= 11 is 6.20. The lowest BCUT2D eigenvalue weighted by Gasteiger charge is -2.37. The van der Waals surface area contributed by atoms with Gasteiger partial charge in [-0.05, 0) is 31.4 Å². The summed E-state index contributed by atoms with van der Waals surface area (Å²) < 4.78 is 5.77. The number of nitrogens with one attached hydrogen (secondary N) is 1. The van der Waals surface area contributed by atoms with Gasteiger partial charge in [0.1, 0.15) is 5.69 Å². The third-order valence-corrected chi connectivity index (χ3v) is 5.03. The largest absolute Gasteiger partial charge is 0.374 e. The van der Waals surface area contributed by atoms with Crippen molar-refractivity contribution in [3.05, 3.63) is 41.0 Å². The van der Waals surface area contributed by atoms with E-state index in [2.05, 4.69) is 10.2 Å². The van der Waals surface area contributed by atoms with Crippen molar-refractivity contribution < 1.29 is 9.53 Å². The highest BCUT2D eigenvalue weighted by atomic mass is 35.5. The average Bonchev–Trinajstić information content (AvgIpc) is 3.23. The van der Waals surface area contributed by atoms with Crippen molar-refractivity contribution in [2.45, 2.75) is 31.4 Å². The molecule has 1 saturated heterocycles. The zero-order chi connectivity index (χ0) is 15.8. The van der Waals surface area contributed by atoms with Gasteiger partial charge in [-0.1, -0.05) is 29.8 Å². The van der Waals surface area contributed by atoms with Crippen LogP contribution in [0.2, 0.25) is 5.02 Å². The van der Waals surface area contributed by atoms with Crippen molar-refractivity contribution in [2.75, 3.05) is 13.2 Å². The minimum absolute atomic E-state index is 0.00370. The smallest absolute Gasteiger partial charge is 0.272 e. The molecule has 4 rings (SSSR count). The lowest BCUT2D eigenvalue weighted by Crippen LogP contribution is -2.51. The molecule has 2 aliphatic rings. The van der Waals surface area contributed by atoms with Gasteiger partial charge in [0, 0.05) is 12.1 Å². The summed E-state index contributed by atoms with van der Waals surface area (Å²) in [4.78, 5) is 14.8. The molecule has 1 N–H and O–H groups in total. The second-order valence-corrected chi connectivity index (χ2v) is 6.46. The van der Waals surface area contributed by atoms with Gasteiger partial charge in [-0.25, -0.2) is 0 Å². The maximum absolute atomic E-state index is 12.8. The molecule has 5 nitrogen and oxygen atoms in total. The number of carbonyl (C=O) groups excluding carboxylic acids is 1. The van der Waals surface area contributed by atoms with E-state index < -0.39 is 0 Å². The van der Waals surface area contributed by atoms with Gasteiger partial charge in [-0.3, -0.25) is 9.89 Å². The summed E-state index contributed by atoms with van der Waals surface area (Å²) in [6.07, 6.45) is 3.37. The first-order valence-corrected chi connectivity index (χ1v) is 8.35. The SMILES string of the molecule is O=C(c1cc(-c2ccccc2Cl)n[nH]1)N1CCO[C@@H]2CCC[C@@H]21. The van der Waals surface area contributed by atoms with E-state index in [1.165, 1.54) is 0 Å². The molecule has 2 atom stereocenters. The van der Waals surface area contributed by atoms with Crippen molar-refractivity contribution in [1.82, 2.24) is 15.1 Å². The Labute approximate surface area is 139 Å². The summed E-state index contributed by atoms with van der Waals surface area (Å²) in [7, 11) is 0. The molecule has 0 unspecified atom stereocenters. The Kier molecular flexibility index (Phi) is 3.83. The number of nitrogens with zero attached hydrogens (tertiary/aromatic N) is 2. The molecular weight excluding hydrogens is 314 g/mol. The van der Waals surface area contributed by atoms with E-state index in [0.717, 1.165) is 24.8 Å². The van der Waals surface area contributed by atoms with Crippen LogP contribution in [0.25, 0.3) is 11.3 Å². The second-order valence-electron chi connectivity index (χ2n) is 6.05. The molecule has 1 amide bonds. The molecule has 2 aromatic rings. The summed E-state index contributed by atoms with van der Waals surface area (Å²) in [5.41, 5.74) is 2.02. The van der Waals surface area contributed by atoms with E-state index in [4.69, 9.17) is 16.3 Å². The highest BCUT2D eigenvalue weighted by Gasteiger charge is 2.39. The standard InChI is InChI=1S/C17H18ClN3O2/c18-12-5-2-1-4-11(12)13-10-14(20-19-13)17(22)21-8-9-23-16-7-3-6-15(16)21/h1-2,4-5,10,15-16H,3,6-9H2,(H,19,20)/t15-,16+/m0/s1. The van der Waals surface area contributed by atoms with Crippen molar-refractivity contribution in [2.24, 2.45) is 0 Å². The number of hydrogen-bond donors (Lipinski definition) is 1. The van der Waals surface area contributed by atoms with Gasteiger partial charge in [0.05, 0.1) is 29.5 Å². The van der Waals surface area contributed by atoms with Crippen molar-refractivity contribution in [3.8, 4) is 11.3 Å². The summed E-state index contributed by atoms with van der Waals surface area (Å²) in [5, 5.41) is 7.75. The van der Waals surface area contributed by atoms with Gasteiger partial charge < -0.3 is 9.64 Å². The van der Waals surface area contributed by atoms with Crippen LogP contribution in [0.3, 0.4) is 0 Å². The predicted octanol–water partition coefficient (Wildman–Crippen LogP) is 3.12. The number of morpholine rings is 1. The van der Waals surface area contributed by atoms with Crippen LogP contribution in [-0.4, -0.2) is 46.3 Å². The van der Waals surface area contributed by atoms with Crippen LogP contribution in [0.5, 0.6) is 0 Å². The van der Waals surface area contributed by atoms with Gasteiger partial charge in [-0.2, -0.15) is 5.10 Å². The van der Waals surface area contributed by atoms with Crippen molar-refractivity contribution >= 4 is 17.5 Å². The molecule has 1 saturated carbocycles. The number of ether oxygens (including phenoxy) is 1.